The molecular weight excluding hydrogens is 305 g/mol. The second-order valence-corrected chi connectivity index (χ2v) is 4.99. The summed E-state index contributed by atoms with van der Waals surface area (Å²) in [4.78, 5) is 22.9. The third kappa shape index (κ3) is 2.97. The van der Waals surface area contributed by atoms with Crippen molar-refractivity contribution in [2.75, 3.05) is 7.11 Å². The van der Waals surface area contributed by atoms with Crippen LogP contribution < -0.4 is 0 Å². The van der Waals surface area contributed by atoms with E-state index >= 15 is 0 Å². The molecule has 2 aromatic rings. The fourth-order valence-electron chi connectivity index (χ4n) is 1.82. The molecule has 1 aromatic carbocycles. The summed E-state index contributed by atoms with van der Waals surface area (Å²) >= 11 is 1.07. The third-order valence-electron chi connectivity index (χ3n) is 2.82. The number of esters is 1. The first-order valence-electron chi connectivity index (χ1n) is 5.71. The van der Waals surface area contributed by atoms with Gasteiger partial charge in [-0.25, -0.2) is 4.79 Å². The van der Waals surface area contributed by atoms with E-state index in [0.29, 0.717) is 6.29 Å². The summed E-state index contributed by atoms with van der Waals surface area (Å²) in [6.45, 7) is 0. The molecule has 7 heteroatoms. The van der Waals surface area contributed by atoms with Crippen molar-refractivity contribution in [3.63, 3.8) is 0 Å². The standard InChI is InChI=1S/C14H9F3O3S/c1-20-13(19)10-4-5-21-12(10)11-6-9(14(15,16)17)3-2-8(11)7-18/h2-7H,1H3. The zero-order valence-electron chi connectivity index (χ0n) is 10.7. The van der Waals surface area contributed by atoms with E-state index < -0.39 is 17.7 Å². The molecule has 2 rings (SSSR count). The third-order valence-corrected chi connectivity index (χ3v) is 3.77. The molecule has 0 amide bonds. The van der Waals surface area contributed by atoms with Gasteiger partial charge in [-0.05, 0) is 23.6 Å². The van der Waals surface area contributed by atoms with Crippen LogP contribution in [-0.4, -0.2) is 19.4 Å². The van der Waals surface area contributed by atoms with Crippen LogP contribution >= 0.6 is 11.3 Å². The number of hydrogen-bond donors (Lipinski definition) is 0. The highest BCUT2D eigenvalue weighted by molar-refractivity contribution is 7.14. The van der Waals surface area contributed by atoms with Gasteiger partial charge in [-0.1, -0.05) is 6.07 Å². The predicted octanol–water partition coefficient (Wildman–Crippen LogP) is 4.03. The van der Waals surface area contributed by atoms with Crippen LogP contribution in [0.2, 0.25) is 0 Å². The van der Waals surface area contributed by atoms with Crippen molar-refractivity contribution < 1.29 is 27.5 Å². The molecule has 3 nitrogen and oxygen atoms in total. The summed E-state index contributed by atoms with van der Waals surface area (Å²) in [5.41, 5.74) is -0.608. The molecule has 0 saturated heterocycles. The molecule has 0 unspecified atom stereocenters. The summed E-state index contributed by atoms with van der Waals surface area (Å²) in [6.07, 6.45) is -4.07. The Labute approximate surface area is 122 Å². The molecule has 0 spiro atoms. The quantitative estimate of drug-likeness (QED) is 0.634. The van der Waals surface area contributed by atoms with E-state index in [9.17, 15) is 22.8 Å². The number of benzene rings is 1. The average molecular weight is 314 g/mol. The molecule has 0 aliphatic rings. The first-order chi connectivity index (χ1) is 9.88. The number of carbonyl (C=O) groups is 2. The van der Waals surface area contributed by atoms with Crippen LogP contribution in [0.1, 0.15) is 26.3 Å². The summed E-state index contributed by atoms with van der Waals surface area (Å²) in [5.74, 6) is -0.666. The van der Waals surface area contributed by atoms with Crippen LogP contribution in [0.4, 0.5) is 13.2 Å². The maximum atomic E-state index is 12.8. The molecule has 0 bridgehead atoms. The fraction of sp³-hybridized carbons (Fsp3) is 0.143. The minimum Gasteiger partial charge on any atom is -0.465 e. The SMILES string of the molecule is COC(=O)c1ccsc1-c1cc(C(F)(F)F)ccc1C=O. The Morgan fingerprint density at radius 2 is 2.00 bits per heavy atom. The van der Waals surface area contributed by atoms with Crippen molar-refractivity contribution in [1.29, 1.82) is 0 Å². The molecular formula is C14H9F3O3S. The van der Waals surface area contributed by atoms with Crippen molar-refractivity contribution in [2.24, 2.45) is 0 Å². The Balaban J connectivity index is 2.65. The number of rotatable bonds is 3. The maximum Gasteiger partial charge on any atom is 0.416 e. The van der Waals surface area contributed by atoms with Crippen LogP contribution in [0.15, 0.2) is 29.6 Å². The zero-order chi connectivity index (χ0) is 15.6. The van der Waals surface area contributed by atoms with Crippen LogP contribution in [-0.2, 0) is 10.9 Å². The van der Waals surface area contributed by atoms with Crippen molar-refractivity contribution in [2.45, 2.75) is 6.18 Å². The van der Waals surface area contributed by atoms with Crippen LogP contribution in [0.5, 0.6) is 0 Å². The summed E-state index contributed by atoms with van der Waals surface area (Å²) in [7, 11) is 1.18. The van der Waals surface area contributed by atoms with Gasteiger partial charge >= 0.3 is 12.1 Å². The molecule has 1 heterocycles. The highest BCUT2D eigenvalue weighted by atomic mass is 32.1. The van der Waals surface area contributed by atoms with Gasteiger partial charge in [-0.2, -0.15) is 13.2 Å². The predicted molar refractivity (Wildman–Crippen MR) is 71.5 cm³/mol. The summed E-state index contributed by atoms with van der Waals surface area (Å²) < 4.78 is 43.0. The molecule has 0 saturated carbocycles. The topological polar surface area (TPSA) is 43.4 Å². The van der Waals surface area contributed by atoms with Gasteiger partial charge < -0.3 is 4.74 Å². The lowest BCUT2D eigenvalue weighted by Gasteiger charge is -2.11. The lowest BCUT2D eigenvalue weighted by atomic mass is 10.0. The van der Waals surface area contributed by atoms with E-state index in [0.717, 1.165) is 29.5 Å². The zero-order valence-corrected chi connectivity index (χ0v) is 11.5. The lowest BCUT2D eigenvalue weighted by molar-refractivity contribution is -0.137. The Morgan fingerprint density at radius 1 is 1.29 bits per heavy atom. The smallest absolute Gasteiger partial charge is 0.416 e. The van der Waals surface area contributed by atoms with Gasteiger partial charge in [0.25, 0.3) is 0 Å². The van der Waals surface area contributed by atoms with Crippen LogP contribution in [0.3, 0.4) is 0 Å². The molecule has 1 aromatic heterocycles. The van der Waals surface area contributed by atoms with E-state index in [-0.39, 0.29) is 21.6 Å². The average Bonchev–Trinajstić information content (AvgIpc) is 2.94. The number of hydrogen-bond acceptors (Lipinski definition) is 4. The van der Waals surface area contributed by atoms with Gasteiger partial charge in [0.05, 0.1) is 18.2 Å². The lowest BCUT2D eigenvalue weighted by Crippen LogP contribution is -2.06. The van der Waals surface area contributed by atoms with E-state index in [1.165, 1.54) is 13.2 Å². The normalized spacial score (nSPS) is 11.2. The van der Waals surface area contributed by atoms with Crippen molar-refractivity contribution in [3.8, 4) is 10.4 Å². The monoisotopic (exact) mass is 314 g/mol. The second-order valence-electron chi connectivity index (χ2n) is 4.07. The van der Waals surface area contributed by atoms with E-state index in [4.69, 9.17) is 0 Å². The number of halogens is 3. The number of methoxy groups -OCH3 is 1. The fourth-order valence-corrected chi connectivity index (χ4v) is 2.74. The molecule has 0 N–H and O–H groups in total. The first kappa shape index (κ1) is 15.2. The number of thiophene rings is 1. The van der Waals surface area contributed by atoms with Gasteiger partial charge in [-0.3, -0.25) is 4.79 Å². The number of alkyl halides is 3. The Hall–Kier alpha value is -2.15. The molecule has 0 atom stereocenters. The molecule has 0 aliphatic carbocycles. The first-order valence-corrected chi connectivity index (χ1v) is 6.59. The largest absolute Gasteiger partial charge is 0.465 e. The number of carbonyl (C=O) groups excluding carboxylic acids is 2. The number of aldehydes is 1. The molecule has 0 aliphatic heterocycles. The van der Waals surface area contributed by atoms with Crippen LogP contribution in [0.25, 0.3) is 10.4 Å². The summed E-state index contributed by atoms with van der Waals surface area (Å²) in [5, 5.41) is 1.55. The molecule has 21 heavy (non-hydrogen) atoms. The minimum atomic E-state index is -4.53. The molecule has 110 valence electrons. The highest BCUT2D eigenvalue weighted by Crippen LogP contribution is 2.37. The second kappa shape index (κ2) is 5.69. The number of ether oxygens (including phenoxy) is 1. The van der Waals surface area contributed by atoms with Gasteiger partial charge in [-0.15, -0.1) is 11.3 Å². The van der Waals surface area contributed by atoms with Crippen molar-refractivity contribution >= 4 is 23.6 Å². The molecule has 0 fully saturated rings. The Kier molecular flexibility index (Phi) is 4.13. The van der Waals surface area contributed by atoms with E-state index in [2.05, 4.69) is 4.74 Å². The molecule has 0 radical (unpaired) electrons. The van der Waals surface area contributed by atoms with Crippen molar-refractivity contribution in [1.82, 2.24) is 0 Å². The van der Waals surface area contributed by atoms with Gasteiger partial charge in [0.1, 0.15) is 0 Å². The van der Waals surface area contributed by atoms with E-state index in [1.807, 2.05) is 0 Å². The Morgan fingerprint density at radius 3 is 2.57 bits per heavy atom. The van der Waals surface area contributed by atoms with E-state index in [1.54, 1.807) is 5.38 Å². The minimum absolute atomic E-state index is 0.0650. The van der Waals surface area contributed by atoms with Crippen LogP contribution in [0, 0.1) is 0 Å². The summed E-state index contributed by atoms with van der Waals surface area (Å²) in [6, 6.07) is 4.23. The maximum absolute atomic E-state index is 12.8. The van der Waals surface area contributed by atoms with Crippen molar-refractivity contribution in [3.05, 3.63) is 46.3 Å². The van der Waals surface area contributed by atoms with Gasteiger partial charge in [0.2, 0.25) is 0 Å². The Bertz CT molecular complexity index is 689. The van der Waals surface area contributed by atoms with Gasteiger partial charge in [0, 0.05) is 16.0 Å². The highest BCUT2D eigenvalue weighted by Gasteiger charge is 2.31. The van der Waals surface area contributed by atoms with Gasteiger partial charge in [0.15, 0.2) is 6.29 Å².